The topological polar surface area (TPSA) is 38.9 Å². The molecule has 0 bridgehead atoms. The third-order valence-electron chi connectivity index (χ3n) is 7.51. The molecule has 0 unspecified atom stereocenters. The van der Waals surface area contributed by atoms with Crippen molar-refractivity contribution in [3.8, 4) is 33.8 Å². The Morgan fingerprint density at radius 1 is 0.410 bits per heavy atom. The number of para-hydroxylation sites is 2. The Hall–Kier alpha value is -5.28. The number of nitrogens with zero attached hydrogens (tertiary/aromatic N) is 2. The molecule has 0 saturated carbocycles. The Kier molecular flexibility index (Phi) is 4.82. The summed E-state index contributed by atoms with van der Waals surface area (Å²) in [6.07, 6.45) is 0. The van der Waals surface area contributed by atoms with E-state index in [1.807, 2.05) is 30.3 Å². The zero-order chi connectivity index (χ0) is 25.8. The number of fused-ring (bicyclic) bond motifs is 6. The summed E-state index contributed by atoms with van der Waals surface area (Å²) in [6.45, 7) is 0. The molecule has 0 saturated heterocycles. The van der Waals surface area contributed by atoms with E-state index >= 15 is 0 Å². The Morgan fingerprint density at radius 2 is 1.05 bits per heavy atom. The molecule has 8 aromatic rings. The molecular formula is C36H22N2O. The van der Waals surface area contributed by atoms with Gasteiger partial charge in [-0.05, 0) is 34.7 Å². The third-order valence-corrected chi connectivity index (χ3v) is 7.51. The molecule has 3 nitrogen and oxygen atoms in total. The molecular weight excluding hydrogens is 476 g/mol. The van der Waals surface area contributed by atoms with Gasteiger partial charge in [-0.25, -0.2) is 9.97 Å². The lowest BCUT2D eigenvalue weighted by Gasteiger charge is -2.12. The summed E-state index contributed by atoms with van der Waals surface area (Å²) in [5.74, 6) is 0.713. The molecule has 0 amide bonds. The van der Waals surface area contributed by atoms with Gasteiger partial charge in [0.05, 0.1) is 11.2 Å². The lowest BCUT2D eigenvalue weighted by atomic mass is 9.97. The molecule has 39 heavy (non-hydrogen) atoms. The molecule has 2 heterocycles. The van der Waals surface area contributed by atoms with E-state index in [1.54, 1.807) is 0 Å². The first-order chi connectivity index (χ1) is 19.3. The number of hydrogen-bond acceptors (Lipinski definition) is 3. The van der Waals surface area contributed by atoms with Crippen molar-refractivity contribution in [2.24, 2.45) is 0 Å². The quantitative estimate of drug-likeness (QED) is 0.243. The first-order valence-electron chi connectivity index (χ1n) is 13.1. The lowest BCUT2D eigenvalue weighted by Crippen LogP contribution is -1.96. The predicted molar refractivity (Wildman–Crippen MR) is 161 cm³/mol. The highest BCUT2D eigenvalue weighted by Gasteiger charge is 2.16. The van der Waals surface area contributed by atoms with Crippen LogP contribution >= 0.6 is 0 Å². The molecule has 0 aliphatic rings. The van der Waals surface area contributed by atoms with Gasteiger partial charge in [0, 0.05) is 32.7 Å². The van der Waals surface area contributed by atoms with Crippen molar-refractivity contribution >= 4 is 43.6 Å². The van der Waals surface area contributed by atoms with Gasteiger partial charge in [0.25, 0.3) is 0 Å². The van der Waals surface area contributed by atoms with Crippen molar-refractivity contribution in [2.75, 3.05) is 0 Å². The molecule has 0 N–H and O–H groups in total. The smallest absolute Gasteiger partial charge is 0.160 e. The molecule has 0 atom stereocenters. The fraction of sp³-hybridized carbons (Fsp3) is 0. The monoisotopic (exact) mass is 498 g/mol. The van der Waals surface area contributed by atoms with E-state index in [1.165, 1.54) is 11.1 Å². The summed E-state index contributed by atoms with van der Waals surface area (Å²) in [6, 6.07) is 46.1. The first-order valence-corrected chi connectivity index (χ1v) is 13.1. The molecule has 182 valence electrons. The number of benzene rings is 6. The zero-order valence-electron chi connectivity index (χ0n) is 21.0. The third kappa shape index (κ3) is 3.52. The molecule has 0 fully saturated rings. The minimum atomic E-state index is 0.713. The highest BCUT2D eigenvalue weighted by atomic mass is 16.3. The van der Waals surface area contributed by atoms with E-state index < -0.39 is 0 Å². The molecule has 0 spiro atoms. The van der Waals surface area contributed by atoms with Crippen molar-refractivity contribution in [1.29, 1.82) is 0 Å². The highest BCUT2D eigenvalue weighted by molar-refractivity contribution is 6.18. The second-order valence-corrected chi connectivity index (χ2v) is 9.80. The first kappa shape index (κ1) is 21.8. The van der Waals surface area contributed by atoms with Crippen LogP contribution in [0.4, 0.5) is 0 Å². The maximum absolute atomic E-state index is 6.35. The summed E-state index contributed by atoms with van der Waals surface area (Å²) < 4.78 is 6.35. The van der Waals surface area contributed by atoms with E-state index in [0.717, 1.165) is 60.4 Å². The standard InChI is InChI=1S/C36H22N2O/c1-2-9-23(10-3-1)24-17-19-25(20-18-24)36-37-32-15-6-4-12-31(32)34(38-36)28-13-8-14-29-26(28)21-22-30-27-11-5-7-16-33(27)39-35(29)30/h1-22H. The minimum Gasteiger partial charge on any atom is -0.455 e. The Balaban J connectivity index is 1.34. The van der Waals surface area contributed by atoms with Gasteiger partial charge in [-0.15, -0.1) is 0 Å². The van der Waals surface area contributed by atoms with Gasteiger partial charge in [0.2, 0.25) is 0 Å². The number of hydrogen-bond donors (Lipinski definition) is 0. The maximum atomic E-state index is 6.35. The summed E-state index contributed by atoms with van der Waals surface area (Å²) >= 11 is 0. The van der Waals surface area contributed by atoms with Gasteiger partial charge in [-0.3, -0.25) is 0 Å². The number of rotatable bonds is 3. The fourth-order valence-corrected chi connectivity index (χ4v) is 5.60. The van der Waals surface area contributed by atoms with E-state index in [-0.39, 0.29) is 0 Å². The van der Waals surface area contributed by atoms with Gasteiger partial charge < -0.3 is 4.42 Å². The molecule has 0 aliphatic carbocycles. The van der Waals surface area contributed by atoms with Gasteiger partial charge in [-0.2, -0.15) is 0 Å². The van der Waals surface area contributed by atoms with Crippen molar-refractivity contribution < 1.29 is 4.42 Å². The molecule has 0 radical (unpaired) electrons. The van der Waals surface area contributed by atoms with E-state index in [9.17, 15) is 0 Å². The van der Waals surface area contributed by atoms with Crippen LogP contribution in [0.2, 0.25) is 0 Å². The van der Waals surface area contributed by atoms with Crippen LogP contribution in [0.15, 0.2) is 138 Å². The SMILES string of the molecule is c1ccc(-c2ccc(-c3nc(-c4cccc5c4ccc4c6ccccc6oc54)c4ccccc4n3)cc2)cc1. The van der Waals surface area contributed by atoms with Gasteiger partial charge in [0.1, 0.15) is 11.2 Å². The van der Waals surface area contributed by atoms with Crippen LogP contribution in [-0.2, 0) is 0 Å². The molecule has 3 heteroatoms. The molecule has 0 aliphatic heterocycles. The molecule has 8 rings (SSSR count). The van der Waals surface area contributed by atoms with Gasteiger partial charge >= 0.3 is 0 Å². The maximum Gasteiger partial charge on any atom is 0.160 e. The summed E-state index contributed by atoms with van der Waals surface area (Å²) in [5.41, 5.74) is 8.07. The van der Waals surface area contributed by atoms with Gasteiger partial charge in [0.15, 0.2) is 5.82 Å². The van der Waals surface area contributed by atoms with Crippen molar-refractivity contribution in [3.63, 3.8) is 0 Å². The second-order valence-electron chi connectivity index (χ2n) is 9.80. The Bertz CT molecular complexity index is 2160. The van der Waals surface area contributed by atoms with Crippen molar-refractivity contribution in [2.45, 2.75) is 0 Å². The normalized spacial score (nSPS) is 11.6. The average molecular weight is 499 g/mol. The summed E-state index contributed by atoms with van der Waals surface area (Å²) in [7, 11) is 0. The molecule has 6 aromatic carbocycles. The summed E-state index contributed by atoms with van der Waals surface area (Å²) in [5, 5.41) is 5.48. The predicted octanol–water partition coefficient (Wildman–Crippen LogP) is 9.68. The Labute approximate surface area is 225 Å². The van der Waals surface area contributed by atoms with Gasteiger partial charge in [-0.1, -0.05) is 115 Å². The average Bonchev–Trinajstić information content (AvgIpc) is 3.40. The zero-order valence-corrected chi connectivity index (χ0v) is 21.0. The minimum absolute atomic E-state index is 0.713. The Morgan fingerprint density at radius 3 is 1.92 bits per heavy atom. The van der Waals surface area contributed by atoms with Crippen molar-refractivity contribution in [1.82, 2.24) is 9.97 Å². The lowest BCUT2D eigenvalue weighted by molar-refractivity contribution is 0.672. The van der Waals surface area contributed by atoms with E-state index in [0.29, 0.717) is 5.82 Å². The fourth-order valence-electron chi connectivity index (χ4n) is 5.60. The highest BCUT2D eigenvalue weighted by Crippen LogP contribution is 2.39. The largest absolute Gasteiger partial charge is 0.455 e. The van der Waals surface area contributed by atoms with Crippen molar-refractivity contribution in [3.05, 3.63) is 133 Å². The van der Waals surface area contributed by atoms with Crippen LogP contribution < -0.4 is 0 Å². The number of aromatic nitrogens is 2. The number of furan rings is 1. The van der Waals surface area contributed by atoms with E-state index in [2.05, 4.69) is 103 Å². The second kappa shape index (κ2) is 8.64. The van der Waals surface area contributed by atoms with E-state index in [4.69, 9.17) is 14.4 Å². The van der Waals surface area contributed by atoms with Crippen LogP contribution in [0, 0.1) is 0 Å². The van der Waals surface area contributed by atoms with Crippen LogP contribution in [0.1, 0.15) is 0 Å². The van der Waals surface area contributed by atoms with Crippen LogP contribution in [0.3, 0.4) is 0 Å². The van der Waals surface area contributed by atoms with Crippen LogP contribution in [0.5, 0.6) is 0 Å². The molecule has 2 aromatic heterocycles. The van der Waals surface area contributed by atoms with Crippen LogP contribution in [0.25, 0.3) is 77.4 Å². The summed E-state index contributed by atoms with van der Waals surface area (Å²) in [4.78, 5) is 10.1. The van der Waals surface area contributed by atoms with Crippen LogP contribution in [-0.4, -0.2) is 9.97 Å².